The number of hydrogen-bond donors (Lipinski definition) is 2. The van der Waals surface area contributed by atoms with Gasteiger partial charge in [0.25, 0.3) is 0 Å². The molecule has 3 rings (SSSR count). The highest BCUT2D eigenvalue weighted by Crippen LogP contribution is 2.17. The van der Waals surface area contributed by atoms with Crippen LogP contribution in [0.4, 0.5) is 10.5 Å². The molecule has 5 heteroatoms. The molecule has 0 saturated carbocycles. The lowest BCUT2D eigenvalue weighted by Gasteiger charge is -2.11. The average Bonchev–Trinajstić information content (AvgIpc) is 2.90. The van der Waals surface area contributed by atoms with Crippen LogP contribution in [-0.4, -0.2) is 15.8 Å². The summed E-state index contributed by atoms with van der Waals surface area (Å²) in [7, 11) is 0. The average molecular weight is 362 g/mol. The smallest absolute Gasteiger partial charge is 0.319 e. The summed E-state index contributed by atoms with van der Waals surface area (Å²) in [6, 6.07) is 16.1. The monoisotopic (exact) mass is 362 g/mol. The summed E-state index contributed by atoms with van der Waals surface area (Å²) in [4.78, 5) is 12.3. The lowest BCUT2D eigenvalue weighted by molar-refractivity contribution is 0.251. The molecule has 0 aliphatic rings. The molecule has 27 heavy (non-hydrogen) atoms. The SMILES string of the molecule is Cc1ccc(C)c(NC(=O)NCc2c(C)nn(Cc3ccccc3)c2C)c1. The molecule has 0 atom stereocenters. The first-order valence-corrected chi connectivity index (χ1v) is 9.13. The second kappa shape index (κ2) is 8.08. The highest BCUT2D eigenvalue weighted by Gasteiger charge is 2.13. The van der Waals surface area contributed by atoms with Crippen molar-refractivity contribution in [3.63, 3.8) is 0 Å². The maximum absolute atomic E-state index is 12.3. The molecule has 2 aromatic carbocycles. The van der Waals surface area contributed by atoms with E-state index in [1.165, 1.54) is 5.56 Å². The van der Waals surface area contributed by atoms with Gasteiger partial charge < -0.3 is 10.6 Å². The fraction of sp³-hybridized carbons (Fsp3) is 0.273. The molecule has 0 bridgehead atoms. The van der Waals surface area contributed by atoms with Gasteiger partial charge in [0, 0.05) is 23.5 Å². The number of amides is 2. The van der Waals surface area contributed by atoms with E-state index < -0.39 is 0 Å². The summed E-state index contributed by atoms with van der Waals surface area (Å²) < 4.78 is 1.99. The molecule has 0 aliphatic carbocycles. The van der Waals surface area contributed by atoms with Gasteiger partial charge in [-0.2, -0.15) is 5.10 Å². The first kappa shape index (κ1) is 18.7. The molecule has 5 nitrogen and oxygen atoms in total. The minimum atomic E-state index is -0.210. The van der Waals surface area contributed by atoms with Gasteiger partial charge in [0.05, 0.1) is 12.2 Å². The Balaban J connectivity index is 1.65. The van der Waals surface area contributed by atoms with E-state index in [0.717, 1.165) is 40.3 Å². The molecule has 2 amide bonds. The van der Waals surface area contributed by atoms with Crippen LogP contribution in [0.25, 0.3) is 0 Å². The van der Waals surface area contributed by atoms with Gasteiger partial charge in [-0.25, -0.2) is 4.79 Å². The minimum Gasteiger partial charge on any atom is -0.334 e. The third-order valence-electron chi connectivity index (χ3n) is 4.77. The van der Waals surface area contributed by atoms with Crippen molar-refractivity contribution in [1.82, 2.24) is 15.1 Å². The molecule has 0 aliphatic heterocycles. The van der Waals surface area contributed by atoms with Gasteiger partial charge in [0.1, 0.15) is 0 Å². The van der Waals surface area contributed by atoms with E-state index in [4.69, 9.17) is 0 Å². The Bertz CT molecular complexity index is 944. The predicted molar refractivity (Wildman–Crippen MR) is 109 cm³/mol. The number of carbonyl (C=O) groups is 1. The van der Waals surface area contributed by atoms with Crippen LogP contribution < -0.4 is 10.6 Å². The van der Waals surface area contributed by atoms with E-state index in [1.807, 2.05) is 68.8 Å². The Kier molecular flexibility index (Phi) is 5.60. The van der Waals surface area contributed by atoms with E-state index in [0.29, 0.717) is 6.54 Å². The van der Waals surface area contributed by atoms with Crippen molar-refractivity contribution in [2.24, 2.45) is 0 Å². The van der Waals surface area contributed by atoms with Gasteiger partial charge in [-0.15, -0.1) is 0 Å². The topological polar surface area (TPSA) is 59.0 Å². The summed E-state index contributed by atoms with van der Waals surface area (Å²) in [5.74, 6) is 0. The first-order valence-electron chi connectivity index (χ1n) is 9.13. The molecule has 2 N–H and O–H groups in total. The lowest BCUT2D eigenvalue weighted by atomic mass is 10.1. The highest BCUT2D eigenvalue weighted by atomic mass is 16.2. The van der Waals surface area contributed by atoms with Gasteiger partial charge in [-0.3, -0.25) is 4.68 Å². The Morgan fingerprint density at radius 2 is 1.78 bits per heavy atom. The third-order valence-corrected chi connectivity index (χ3v) is 4.77. The molecule has 0 fully saturated rings. The number of nitrogens with zero attached hydrogens (tertiary/aromatic N) is 2. The molecule has 1 heterocycles. The standard InChI is InChI=1S/C22H26N4O/c1-15-10-11-16(2)21(12-15)24-22(27)23-13-20-17(3)25-26(18(20)4)14-19-8-6-5-7-9-19/h5-12H,13-14H2,1-4H3,(H2,23,24,27). The lowest BCUT2D eigenvalue weighted by Crippen LogP contribution is -2.29. The molecular formula is C22H26N4O. The number of urea groups is 1. The van der Waals surface area contributed by atoms with E-state index in [1.54, 1.807) is 0 Å². The highest BCUT2D eigenvalue weighted by molar-refractivity contribution is 5.90. The van der Waals surface area contributed by atoms with Gasteiger partial charge in [-0.1, -0.05) is 42.5 Å². The van der Waals surface area contributed by atoms with E-state index in [9.17, 15) is 4.79 Å². The molecular weight excluding hydrogens is 336 g/mol. The molecule has 0 saturated heterocycles. The molecule has 0 radical (unpaired) electrons. The van der Waals surface area contributed by atoms with E-state index in [2.05, 4.69) is 27.9 Å². The zero-order valence-corrected chi connectivity index (χ0v) is 16.3. The number of anilines is 1. The largest absolute Gasteiger partial charge is 0.334 e. The van der Waals surface area contributed by atoms with Gasteiger partial charge in [0.15, 0.2) is 0 Å². The number of aromatic nitrogens is 2. The fourth-order valence-electron chi connectivity index (χ4n) is 3.11. The maximum Gasteiger partial charge on any atom is 0.319 e. The van der Waals surface area contributed by atoms with E-state index in [-0.39, 0.29) is 6.03 Å². The normalized spacial score (nSPS) is 10.7. The Hall–Kier alpha value is -3.08. The van der Waals surface area contributed by atoms with Crippen molar-refractivity contribution >= 4 is 11.7 Å². The van der Waals surface area contributed by atoms with Gasteiger partial charge >= 0.3 is 6.03 Å². The number of benzene rings is 2. The number of aryl methyl sites for hydroxylation is 3. The van der Waals surface area contributed by atoms with Gasteiger partial charge in [0.2, 0.25) is 0 Å². The van der Waals surface area contributed by atoms with Crippen molar-refractivity contribution < 1.29 is 4.79 Å². The molecule has 3 aromatic rings. The van der Waals surface area contributed by atoms with Crippen LogP contribution in [0.5, 0.6) is 0 Å². The third kappa shape index (κ3) is 4.56. The fourth-order valence-corrected chi connectivity index (χ4v) is 3.11. The molecule has 1 aromatic heterocycles. The van der Waals surface area contributed by atoms with Crippen molar-refractivity contribution in [1.29, 1.82) is 0 Å². The zero-order valence-electron chi connectivity index (χ0n) is 16.3. The van der Waals surface area contributed by atoms with Crippen LogP contribution >= 0.6 is 0 Å². The van der Waals surface area contributed by atoms with Gasteiger partial charge in [-0.05, 0) is 50.5 Å². The van der Waals surface area contributed by atoms with Crippen LogP contribution in [0.3, 0.4) is 0 Å². The van der Waals surface area contributed by atoms with E-state index >= 15 is 0 Å². The number of rotatable bonds is 5. The molecule has 0 spiro atoms. The second-order valence-corrected chi connectivity index (χ2v) is 6.92. The first-order chi connectivity index (χ1) is 12.9. The van der Waals surface area contributed by atoms with Crippen LogP contribution in [-0.2, 0) is 13.1 Å². The van der Waals surface area contributed by atoms with Crippen molar-refractivity contribution in [3.8, 4) is 0 Å². The van der Waals surface area contributed by atoms with Crippen LogP contribution in [0.2, 0.25) is 0 Å². The Labute approximate surface area is 160 Å². The summed E-state index contributed by atoms with van der Waals surface area (Å²) in [5, 5.41) is 10.5. The maximum atomic E-state index is 12.3. The quantitative estimate of drug-likeness (QED) is 0.703. The minimum absolute atomic E-state index is 0.210. The summed E-state index contributed by atoms with van der Waals surface area (Å²) in [6.07, 6.45) is 0. The molecule has 140 valence electrons. The number of nitrogens with one attached hydrogen (secondary N) is 2. The van der Waals surface area contributed by atoms with Crippen LogP contribution in [0.15, 0.2) is 48.5 Å². The van der Waals surface area contributed by atoms with Crippen molar-refractivity contribution in [3.05, 3.63) is 82.2 Å². The molecule has 0 unspecified atom stereocenters. The van der Waals surface area contributed by atoms with Crippen LogP contribution in [0.1, 0.15) is 33.6 Å². The van der Waals surface area contributed by atoms with Crippen molar-refractivity contribution in [2.45, 2.75) is 40.8 Å². The number of hydrogen-bond acceptors (Lipinski definition) is 2. The summed E-state index contributed by atoms with van der Waals surface area (Å²) >= 11 is 0. The Morgan fingerprint density at radius 3 is 2.52 bits per heavy atom. The Morgan fingerprint density at radius 1 is 1.04 bits per heavy atom. The zero-order chi connectivity index (χ0) is 19.4. The summed E-state index contributed by atoms with van der Waals surface area (Å²) in [6.45, 7) is 9.19. The summed E-state index contributed by atoms with van der Waals surface area (Å²) in [5.41, 5.74) is 7.26. The number of carbonyl (C=O) groups excluding carboxylic acids is 1. The second-order valence-electron chi connectivity index (χ2n) is 6.92. The van der Waals surface area contributed by atoms with Crippen LogP contribution in [0, 0.1) is 27.7 Å². The van der Waals surface area contributed by atoms with Crippen molar-refractivity contribution in [2.75, 3.05) is 5.32 Å². The predicted octanol–water partition coefficient (Wildman–Crippen LogP) is 4.49.